The lowest BCUT2D eigenvalue weighted by molar-refractivity contribution is 1.28. The van der Waals surface area contributed by atoms with Crippen molar-refractivity contribution in [2.45, 2.75) is 0 Å². The molecular weight excluding hydrogens is 903 g/mol. The van der Waals surface area contributed by atoms with Crippen molar-refractivity contribution in [3.63, 3.8) is 0 Å². The van der Waals surface area contributed by atoms with Crippen LogP contribution in [0.15, 0.2) is 309 Å². The van der Waals surface area contributed by atoms with E-state index in [1.54, 1.807) is 0 Å². The van der Waals surface area contributed by atoms with Crippen molar-refractivity contribution >= 4 is 38.6 Å². The third kappa shape index (κ3) is 8.67. The van der Waals surface area contributed by atoms with Crippen molar-refractivity contribution in [3.8, 4) is 89.0 Å². The average Bonchev–Trinajstić information content (AvgIpc) is 3.50. The molecule has 0 atom stereocenters. The number of fused-ring (bicyclic) bond motifs is 3. The summed E-state index contributed by atoms with van der Waals surface area (Å²) in [6.45, 7) is 0. The number of nitrogens with zero attached hydrogens (tertiary/aromatic N) is 1. The van der Waals surface area contributed by atoms with E-state index in [-0.39, 0.29) is 0 Å². The molecule has 75 heavy (non-hydrogen) atoms. The van der Waals surface area contributed by atoms with Crippen LogP contribution in [-0.4, -0.2) is 0 Å². The highest BCUT2D eigenvalue weighted by molar-refractivity contribution is 6.22. The van der Waals surface area contributed by atoms with E-state index in [0.29, 0.717) is 0 Å². The Morgan fingerprint density at radius 3 is 1.03 bits per heavy atom. The second-order valence-corrected chi connectivity index (χ2v) is 19.1. The highest BCUT2D eigenvalue weighted by atomic mass is 15.1. The molecule has 0 radical (unpaired) electrons. The normalized spacial score (nSPS) is 11.2. The molecule has 13 rings (SSSR count). The minimum Gasteiger partial charge on any atom is -0.309 e. The van der Waals surface area contributed by atoms with Crippen molar-refractivity contribution in [2.75, 3.05) is 4.90 Å². The third-order valence-corrected chi connectivity index (χ3v) is 14.7. The highest BCUT2D eigenvalue weighted by Crippen LogP contribution is 2.49. The molecular formula is C74H51N. The van der Waals surface area contributed by atoms with Crippen LogP contribution in [0.3, 0.4) is 0 Å². The molecule has 0 aromatic heterocycles. The van der Waals surface area contributed by atoms with E-state index in [4.69, 9.17) is 0 Å². The fourth-order valence-electron chi connectivity index (χ4n) is 11.1. The van der Waals surface area contributed by atoms with Gasteiger partial charge in [-0.3, -0.25) is 0 Å². The Morgan fingerprint density at radius 2 is 0.520 bits per heavy atom. The van der Waals surface area contributed by atoms with Crippen molar-refractivity contribution in [2.24, 2.45) is 0 Å². The minimum absolute atomic E-state index is 1.06. The average molecular weight is 954 g/mol. The Morgan fingerprint density at radius 1 is 0.173 bits per heavy atom. The van der Waals surface area contributed by atoms with E-state index in [2.05, 4.69) is 314 Å². The monoisotopic (exact) mass is 953 g/mol. The van der Waals surface area contributed by atoms with Crippen LogP contribution in [0, 0.1) is 0 Å². The molecule has 0 aliphatic carbocycles. The van der Waals surface area contributed by atoms with E-state index in [1.807, 2.05) is 0 Å². The summed E-state index contributed by atoms with van der Waals surface area (Å²) in [4.78, 5) is 2.46. The molecule has 1 heteroatoms. The maximum atomic E-state index is 2.46. The van der Waals surface area contributed by atoms with Gasteiger partial charge < -0.3 is 4.90 Å². The molecule has 0 saturated heterocycles. The Labute approximate surface area is 439 Å². The fourth-order valence-corrected chi connectivity index (χ4v) is 11.1. The molecule has 1 nitrogen and oxygen atoms in total. The molecule has 352 valence electrons. The lowest BCUT2D eigenvalue weighted by Crippen LogP contribution is -2.12. The summed E-state index contributed by atoms with van der Waals surface area (Å²) in [5.41, 5.74) is 22.3. The van der Waals surface area contributed by atoms with Crippen LogP contribution in [0.2, 0.25) is 0 Å². The van der Waals surface area contributed by atoms with E-state index < -0.39 is 0 Å². The van der Waals surface area contributed by atoms with Gasteiger partial charge in [0.25, 0.3) is 0 Å². The van der Waals surface area contributed by atoms with Crippen molar-refractivity contribution in [1.29, 1.82) is 0 Å². The van der Waals surface area contributed by atoms with Gasteiger partial charge in [0.1, 0.15) is 0 Å². The fraction of sp³-hybridized carbons (Fsp3) is 0. The van der Waals surface area contributed by atoms with Crippen LogP contribution in [0.5, 0.6) is 0 Å². The Hall–Kier alpha value is -9.82. The Kier molecular flexibility index (Phi) is 12.0. The molecule has 0 bridgehead atoms. The Bertz CT molecular complexity index is 4040. The van der Waals surface area contributed by atoms with Gasteiger partial charge in [-0.25, -0.2) is 0 Å². The predicted octanol–water partition coefficient (Wildman–Crippen LogP) is 20.8. The van der Waals surface area contributed by atoms with Gasteiger partial charge in [-0.2, -0.15) is 0 Å². The van der Waals surface area contributed by atoms with E-state index >= 15 is 0 Å². The summed E-state index contributed by atoms with van der Waals surface area (Å²) in [6.07, 6.45) is 0. The summed E-state index contributed by atoms with van der Waals surface area (Å²) in [6, 6.07) is 113. The van der Waals surface area contributed by atoms with Gasteiger partial charge in [0.05, 0.1) is 5.69 Å². The standard InChI is InChI=1S/C74H51N/c1-7-22-52(23-8-1)60-42-48-64(70(50-60)56-28-13-4-14-29-56)57-40-46-63(47-41-57)75(74-65(54-24-9-2-10-25-54)36-21-37-66(74)55-26-11-3-12-27-55)62-44-38-53(39-45-62)61-43-49-69-71(51-61)67-34-19-20-35-68(67)72(58-30-15-5-16-31-58)73(69)59-32-17-6-18-33-59/h1-51H. The van der Waals surface area contributed by atoms with Crippen LogP contribution >= 0.6 is 0 Å². The molecule has 0 amide bonds. The first-order chi connectivity index (χ1) is 37.2. The number of hydrogen-bond donors (Lipinski definition) is 0. The highest BCUT2D eigenvalue weighted by Gasteiger charge is 2.23. The number of para-hydroxylation sites is 1. The summed E-state index contributed by atoms with van der Waals surface area (Å²) in [5.74, 6) is 0. The van der Waals surface area contributed by atoms with Crippen LogP contribution in [0.25, 0.3) is 111 Å². The minimum atomic E-state index is 1.06. The molecule has 0 unspecified atom stereocenters. The molecule has 0 aliphatic heterocycles. The predicted molar refractivity (Wildman–Crippen MR) is 320 cm³/mol. The molecule has 0 fully saturated rings. The number of anilines is 3. The molecule has 0 heterocycles. The van der Waals surface area contributed by atoms with Crippen LogP contribution < -0.4 is 4.90 Å². The lowest BCUT2D eigenvalue weighted by Gasteiger charge is -2.31. The summed E-state index contributed by atoms with van der Waals surface area (Å²) in [7, 11) is 0. The second kappa shape index (κ2) is 20.0. The van der Waals surface area contributed by atoms with E-state index in [0.717, 1.165) is 50.4 Å². The van der Waals surface area contributed by atoms with Gasteiger partial charge in [-0.1, -0.05) is 273 Å². The van der Waals surface area contributed by atoms with Crippen LogP contribution in [0.1, 0.15) is 0 Å². The van der Waals surface area contributed by atoms with Crippen molar-refractivity contribution in [1.82, 2.24) is 0 Å². The van der Waals surface area contributed by atoms with Crippen LogP contribution in [-0.2, 0) is 0 Å². The smallest absolute Gasteiger partial charge is 0.0618 e. The molecule has 0 aliphatic rings. The zero-order valence-corrected chi connectivity index (χ0v) is 41.4. The number of rotatable bonds is 11. The zero-order valence-electron chi connectivity index (χ0n) is 41.4. The quantitative estimate of drug-likeness (QED) is 0.117. The number of benzene rings is 13. The molecule has 0 spiro atoms. The maximum absolute atomic E-state index is 2.46. The van der Waals surface area contributed by atoms with Crippen LogP contribution in [0.4, 0.5) is 17.1 Å². The van der Waals surface area contributed by atoms with Crippen molar-refractivity contribution < 1.29 is 0 Å². The second-order valence-electron chi connectivity index (χ2n) is 19.1. The van der Waals surface area contributed by atoms with E-state index in [9.17, 15) is 0 Å². The van der Waals surface area contributed by atoms with Gasteiger partial charge in [0.15, 0.2) is 0 Å². The van der Waals surface area contributed by atoms with Gasteiger partial charge in [-0.15, -0.1) is 0 Å². The largest absolute Gasteiger partial charge is 0.309 e. The van der Waals surface area contributed by atoms with Gasteiger partial charge in [-0.05, 0) is 136 Å². The van der Waals surface area contributed by atoms with Gasteiger partial charge >= 0.3 is 0 Å². The summed E-state index contributed by atoms with van der Waals surface area (Å²) >= 11 is 0. The maximum Gasteiger partial charge on any atom is 0.0618 e. The summed E-state index contributed by atoms with van der Waals surface area (Å²) < 4.78 is 0. The topological polar surface area (TPSA) is 3.24 Å². The Balaban J connectivity index is 0.970. The molecule has 13 aromatic rings. The SMILES string of the molecule is c1ccc(-c2ccc(-c3ccc(N(c4ccc(-c5ccc6c(-c7ccccc7)c(-c7ccccc7)c7ccccc7c6c5)cc4)c4c(-c5ccccc5)cccc4-c4ccccc4)cc3)c(-c3ccccc3)c2)cc1. The summed E-state index contributed by atoms with van der Waals surface area (Å²) in [5, 5.41) is 4.97. The first-order valence-corrected chi connectivity index (χ1v) is 25.8. The molecule has 0 saturated carbocycles. The number of hydrogen-bond acceptors (Lipinski definition) is 1. The van der Waals surface area contributed by atoms with Gasteiger partial charge in [0.2, 0.25) is 0 Å². The molecule has 13 aromatic carbocycles. The third-order valence-electron chi connectivity index (χ3n) is 14.7. The molecule has 0 N–H and O–H groups in total. The van der Waals surface area contributed by atoms with Gasteiger partial charge in [0, 0.05) is 22.5 Å². The lowest BCUT2D eigenvalue weighted by atomic mass is 9.84. The zero-order chi connectivity index (χ0) is 49.9. The van der Waals surface area contributed by atoms with Crippen molar-refractivity contribution in [3.05, 3.63) is 309 Å². The first-order valence-electron chi connectivity index (χ1n) is 25.8. The van der Waals surface area contributed by atoms with E-state index in [1.165, 1.54) is 77.2 Å². The first kappa shape index (κ1) is 45.1.